The first kappa shape index (κ1) is 80.0. The van der Waals surface area contributed by atoms with Gasteiger partial charge in [-0.25, -0.2) is 52.8 Å². The number of ether oxygens (including phenoxy) is 8. The molecule has 0 atom stereocenters. The van der Waals surface area contributed by atoms with Gasteiger partial charge in [-0.15, -0.1) is 0 Å². The lowest BCUT2D eigenvalue weighted by atomic mass is 9.91. The third-order valence-corrected chi connectivity index (χ3v) is 21.8. The summed E-state index contributed by atoms with van der Waals surface area (Å²) < 4.78 is 170. The van der Waals surface area contributed by atoms with Gasteiger partial charge < -0.3 is 78.7 Å². The molecule has 8 N–H and O–H groups in total. The molecule has 536 valence electrons. The summed E-state index contributed by atoms with van der Waals surface area (Å²) in [5.41, 5.74) is -2.25. The number of hydrogen-bond donors (Lipinski definition) is 8. The van der Waals surface area contributed by atoms with Gasteiger partial charge in [-0.1, -0.05) is 0 Å². The van der Waals surface area contributed by atoms with Crippen LogP contribution in [0.2, 0.25) is 0 Å². The van der Waals surface area contributed by atoms with Crippen molar-refractivity contribution in [3.05, 3.63) is 93.0 Å². The zero-order valence-electron chi connectivity index (χ0n) is 53.6. The van der Waals surface area contributed by atoms with Crippen LogP contribution in [0.3, 0.4) is 0 Å². The van der Waals surface area contributed by atoms with Crippen LogP contribution >= 0.6 is 0 Å². The number of hydrogen-bond acceptors (Lipinski definition) is 28. The predicted octanol–water partition coefficient (Wildman–Crippen LogP) is -1.97. The van der Waals surface area contributed by atoms with E-state index in [1.165, 1.54) is 27.7 Å². The maximum atomic E-state index is 15.2. The maximum Gasteiger partial charge on any atom is 0.344 e. The number of aliphatic hydroxyl groups excluding tert-OH is 8. The normalized spacial score (nSPS) is 12.8. The molecule has 0 fully saturated rings. The molecular weight excluding hydrogens is 1350 g/mol. The van der Waals surface area contributed by atoms with Crippen LogP contribution in [0.25, 0.3) is 0 Å². The summed E-state index contributed by atoms with van der Waals surface area (Å²) in [7, 11) is -19.8. The van der Waals surface area contributed by atoms with Crippen molar-refractivity contribution in [1.29, 1.82) is 0 Å². The number of esters is 4. The summed E-state index contributed by atoms with van der Waals surface area (Å²) in [6, 6.07) is 8.24. The Morgan fingerprint density at radius 2 is 0.448 bits per heavy atom. The summed E-state index contributed by atoms with van der Waals surface area (Å²) in [5.74, 6) is -5.54. The molecule has 0 saturated heterocycles. The summed E-state index contributed by atoms with van der Waals surface area (Å²) in [4.78, 5) is 51.3. The van der Waals surface area contributed by atoms with Crippen molar-refractivity contribution in [2.45, 2.75) is 73.0 Å². The Morgan fingerprint density at radius 1 is 0.302 bits per heavy atom. The highest BCUT2D eigenvalue weighted by atomic mass is 32.2. The maximum absolute atomic E-state index is 15.2. The van der Waals surface area contributed by atoms with Crippen LogP contribution in [0.5, 0.6) is 23.0 Å². The van der Waals surface area contributed by atoms with E-state index < -0.39 is 264 Å². The molecule has 5 rings (SSSR count). The Morgan fingerprint density at radius 3 is 0.573 bits per heavy atom. The number of carbonyl (C=O) groups is 4. The molecule has 8 bridgehead atoms. The van der Waals surface area contributed by atoms with Crippen LogP contribution in [0.15, 0.2) is 68.1 Å². The minimum Gasteiger partial charge on any atom is -0.481 e. The van der Waals surface area contributed by atoms with Gasteiger partial charge in [-0.05, 0) is 76.2 Å². The molecule has 0 unspecified atom stereocenters. The number of benzene rings is 4. The second-order valence-corrected chi connectivity index (χ2v) is 28.5. The Labute approximate surface area is 557 Å². The smallest absolute Gasteiger partial charge is 0.344 e. The zero-order chi connectivity index (χ0) is 71.0. The number of sulfonamides is 4. The molecule has 0 aromatic heterocycles. The van der Waals surface area contributed by atoms with Crippen molar-refractivity contribution in [1.82, 2.24) is 17.2 Å². The zero-order valence-corrected chi connectivity index (χ0v) is 56.8. The van der Waals surface area contributed by atoms with Gasteiger partial charge in [0.05, 0.1) is 98.9 Å². The second-order valence-electron chi connectivity index (χ2n) is 20.8. The fourth-order valence-electron chi connectivity index (χ4n) is 10.3. The van der Waals surface area contributed by atoms with E-state index in [9.17, 15) is 60.0 Å². The lowest BCUT2D eigenvalue weighted by Crippen LogP contribution is -2.36. The molecule has 1 aliphatic rings. The summed E-state index contributed by atoms with van der Waals surface area (Å²) in [5, 5.41) is 81.5. The van der Waals surface area contributed by atoms with Crippen molar-refractivity contribution in [3.63, 3.8) is 0 Å². The molecule has 0 heterocycles. The van der Waals surface area contributed by atoms with Crippen LogP contribution in [0.4, 0.5) is 0 Å². The van der Waals surface area contributed by atoms with Crippen molar-refractivity contribution in [2.24, 2.45) is 0 Å². The minimum absolute atomic E-state index is 0.178. The topological polar surface area (TPSA) is 453 Å². The van der Waals surface area contributed by atoms with Crippen LogP contribution in [-0.2, 0) is 104 Å². The van der Waals surface area contributed by atoms with Gasteiger partial charge in [0.1, 0.15) is 23.0 Å². The third-order valence-electron chi connectivity index (χ3n) is 14.3. The molecule has 32 nitrogen and oxygen atoms in total. The van der Waals surface area contributed by atoms with E-state index in [1.54, 1.807) is 0 Å². The van der Waals surface area contributed by atoms with E-state index in [2.05, 4.69) is 0 Å². The molecule has 4 aromatic rings. The molecule has 0 spiro atoms. The molecule has 36 heteroatoms. The van der Waals surface area contributed by atoms with Crippen molar-refractivity contribution >= 4 is 64.0 Å². The fraction of sp³-hybridized carbons (Fsp3) is 0.533. The first-order valence-electron chi connectivity index (χ1n) is 30.4. The van der Waals surface area contributed by atoms with E-state index in [-0.39, 0.29) is 70.9 Å². The quantitative estimate of drug-likeness (QED) is 0.0156. The van der Waals surface area contributed by atoms with Gasteiger partial charge in [0.2, 0.25) is 40.1 Å². The number of carbonyl (C=O) groups excluding carboxylic acids is 4. The van der Waals surface area contributed by atoms with Crippen LogP contribution < -0.4 is 18.9 Å². The highest BCUT2D eigenvalue weighted by molar-refractivity contribution is 7.90. The molecule has 4 aromatic carbocycles. The van der Waals surface area contributed by atoms with Gasteiger partial charge in [-0.3, -0.25) is 0 Å². The summed E-state index contributed by atoms with van der Waals surface area (Å²) >= 11 is 0. The Bertz CT molecular complexity index is 3180. The lowest BCUT2D eigenvalue weighted by Gasteiger charge is -2.27. The van der Waals surface area contributed by atoms with E-state index in [1.807, 2.05) is 0 Å². The highest BCUT2D eigenvalue weighted by Gasteiger charge is 2.35. The number of aliphatic hydroxyl groups is 8. The van der Waals surface area contributed by atoms with E-state index >= 15 is 33.7 Å². The van der Waals surface area contributed by atoms with Crippen LogP contribution in [0.1, 0.15) is 72.2 Å². The number of rotatable bonds is 40. The molecule has 96 heavy (non-hydrogen) atoms. The highest BCUT2D eigenvalue weighted by Crippen LogP contribution is 2.43. The van der Waals surface area contributed by atoms with Crippen molar-refractivity contribution < 1.29 is 132 Å². The average Bonchev–Trinajstić information content (AvgIpc) is 0.764. The van der Waals surface area contributed by atoms with Crippen LogP contribution in [-0.4, -0.2) is 274 Å². The lowest BCUT2D eigenvalue weighted by molar-refractivity contribution is -0.146. The van der Waals surface area contributed by atoms with Gasteiger partial charge in [-0.2, -0.15) is 17.2 Å². The molecule has 0 saturated carbocycles. The van der Waals surface area contributed by atoms with Crippen molar-refractivity contribution in [2.75, 3.05) is 158 Å². The Kier molecular flexibility index (Phi) is 31.5. The van der Waals surface area contributed by atoms with E-state index in [0.29, 0.717) is 17.2 Å². The summed E-state index contributed by atoms with van der Waals surface area (Å²) in [6.07, 6.45) is -3.13. The van der Waals surface area contributed by atoms with E-state index in [4.69, 9.17) is 37.9 Å². The number of nitrogens with zero attached hydrogens (tertiary/aromatic N) is 4. The molecule has 1 aliphatic carbocycles. The van der Waals surface area contributed by atoms with Crippen molar-refractivity contribution in [3.8, 4) is 23.0 Å². The van der Waals surface area contributed by atoms with Gasteiger partial charge >= 0.3 is 23.9 Å². The molecule has 0 aliphatic heterocycles. The Hall–Kier alpha value is -6.72. The fourth-order valence-corrected chi connectivity index (χ4v) is 16.4. The van der Waals surface area contributed by atoms with Gasteiger partial charge in [0.25, 0.3) is 0 Å². The second kappa shape index (κ2) is 37.9. The third kappa shape index (κ3) is 20.7. The minimum atomic E-state index is -4.95. The average molecular weight is 1440 g/mol. The molecule has 0 amide bonds. The largest absolute Gasteiger partial charge is 0.481 e. The Balaban J connectivity index is 2.28. The first-order chi connectivity index (χ1) is 45.7. The molecule has 0 radical (unpaired) electrons. The predicted molar refractivity (Wildman–Crippen MR) is 337 cm³/mol. The van der Waals surface area contributed by atoms with Gasteiger partial charge in [0.15, 0.2) is 26.4 Å². The van der Waals surface area contributed by atoms with Gasteiger partial charge in [0, 0.05) is 123 Å². The molecular formula is C60H84N4O28S4. The monoisotopic (exact) mass is 1440 g/mol. The number of fused-ring (bicyclic) bond motifs is 8. The van der Waals surface area contributed by atoms with Crippen LogP contribution in [0, 0.1) is 0 Å². The first-order valence-corrected chi connectivity index (χ1v) is 36.1. The standard InChI is InChI=1S/C60H84N4O28S4/c1-5-85-53(73)37-89-57-41-25-43-31-50(94(79,80)62(11-19-67)12-20-68)33-45(58(43)90-38-54(74)86-6-2)27-47-35-52(96(83,84)64(15-23-71)16-24-72)36-48(60(47)92-40-56(76)88-8-4)28-46-34-51(95(81,82)63(13-21-69)14-22-70)32-44(59(46)91-39-55(75)87-7-3)26-42(57)30-49(29-41)93(77,78)61(9-17-65)10-18-66/h29-36,65-72H,5-28,37-40H2,1-4H3. The SMILES string of the molecule is CCOC(=O)COc1c2cc(S(=O)(=O)N(CCO)CCO)cc1Cc1cc(S(=O)(=O)N(CCO)CCO)cc(c1OCC(=O)OCC)Cc1cc(S(=O)(=O)N(CCO)CCO)cc(c1OCC(=O)OCC)Cc1cc(S(=O)(=O)N(CCO)CCO)cc(c1OCC(=O)OCC)C2. The summed E-state index contributed by atoms with van der Waals surface area (Å²) in [6.45, 7) is -9.65. The van der Waals surface area contributed by atoms with E-state index in [0.717, 1.165) is 48.5 Å².